The van der Waals surface area contributed by atoms with Crippen LogP contribution in [0.3, 0.4) is 0 Å². The smallest absolute Gasteiger partial charge is 0.123 e. The van der Waals surface area contributed by atoms with Crippen LogP contribution in [0.4, 0.5) is 4.39 Å². The molecule has 25 heavy (non-hydrogen) atoms. The Morgan fingerprint density at radius 3 is 2.20 bits per heavy atom. The van der Waals surface area contributed by atoms with E-state index in [1.807, 2.05) is 54.6 Å². The van der Waals surface area contributed by atoms with Gasteiger partial charge in [0.1, 0.15) is 18.2 Å². The molecule has 4 heteroatoms. The topological polar surface area (TPSA) is 26.3 Å². The number of ether oxygens (including phenoxy) is 1. The van der Waals surface area contributed by atoms with E-state index in [2.05, 4.69) is 6.58 Å². The Balaban J connectivity index is 1.66. The first-order valence-electron chi connectivity index (χ1n) is 7.77. The number of benzene rings is 3. The van der Waals surface area contributed by atoms with Crippen molar-refractivity contribution in [3.05, 3.63) is 102 Å². The molecule has 0 aliphatic heterocycles. The van der Waals surface area contributed by atoms with E-state index in [4.69, 9.17) is 4.74 Å². The average molecular weight is 352 g/mol. The molecule has 0 N–H and O–H groups in total. The van der Waals surface area contributed by atoms with Gasteiger partial charge in [-0.15, -0.1) is 0 Å². The Labute approximate surface area is 149 Å². The van der Waals surface area contributed by atoms with E-state index in [9.17, 15) is 8.60 Å². The lowest BCUT2D eigenvalue weighted by Crippen LogP contribution is -1.97. The minimum Gasteiger partial charge on any atom is -0.489 e. The Morgan fingerprint density at radius 2 is 1.56 bits per heavy atom. The number of hydrogen-bond acceptors (Lipinski definition) is 2. The molecule has 3 aromatic rings. The lowest BCUT2D eigenvalue weighted by Gasteiger charge is -2.09. The second-order valence-electron chi connectivity index (χ2n) is 5.44. The minimum atomic E-state index is -1.43. The summed E-state index contributed by atoms with van der Waals surface area (Å²) in [6, 6.07) is 22.8. The zero-order chi connectivity index (χ0) is 17.6. The lowest BCUT2D eigenvalue weighted by molar-refractivity contribution is 0.306. The molecule has 2 nitrogen and oxygen atoms in total. The average Bonchev–Trinajstić information content (AvgIpc) is 2.67. The summed E-state index contributed by atoms with van der Waals surface area (Å²) in [6.45, 7) is 4.40. The van der Waals surface area contributed by atoms with Crippen molar-refractivity contribution in [2.45, 2.75) is 11.5 Å². The quantitative estimate of drug-likeness (QED) is 0.611. The Bertz CT molecular complexity index is 872. The molecule has 0 bridgehead atoms. The van der Waals surface area contributed by atoms with Gasteiger partial charge in [0.05, 0.1) is 10.8 Å². The Morgan fingerprint density at radius 1 is 0.920 bits per heavy atom. The molecule has 0 fully saturated rings. The fourth-order valence-corrected chi connectivity index (χ4v) is 3.30. The summed E-state index contributed by atoms with van der Waals surface area (Å²) in [7, 11) is -1.43. The summed E-state index contributed by atoms with van der Waals surface area (Å²) in [4.78, 5) is 0.997. The largest absolute Gasteiger partial charge is 0.489 e. The van der Waals surface area contributed by atoms with Crippen molar-refractivity contribution in [3.63, 3.8) is 0 Å². The third kappa shape index (κ3) is 4.43. The molecule has 0 aliphatic rings. The molecule has 0 radical (unpaired) electrons. The summed E-state index contributed by atoms with van der Waals surface area (Å²) in [5.74, 6) is 0.374. The van der Waals surface area contributed by atoms with Crippen LogP contribution < -0.4 is 4.74 Å². The summed E-state index contributed by atoms with van der Waals surface area (Å²) in [5.41, 5.74) is 1.85. The van der Waals surface area contributed by atoms with Crippen LogP contribution in [0.25, 0.3) is 4.91 Å². The number of rotatable bonds is 6. The molecule has 0 heterocycles. The highest BCUT2D eigenvalue weighted by Gasteiger charge is 2.11. The first-order chi connectivity index (χ1) is 12.1. The van der Waals surface area contributed by atoms with Gasteiger partial charge in [0.15, 0.2) is 0 Å². The fourth-order valence-electron chi connectivity index (χ4n) is 2.29. The van der Waals surface area contributed by atoms with E-state index in [1.165, 1.54) is 24.3 Å². The first kappa shape index (κ1) is 17.1. The molecule has 3 rings (SSSR count). The maximum atomic E-state index is 13.0. The molecular weight excluding hydrogens is 335 g/mol. The van der Waals surface area contributed by atoms with Gasteiger partial charge in [-0.2, -0.15) is 0 Å². The SMILES string of the molecule is C=C(c1ccc(OCc2ccccc2)cc1)S(=O)c1ccc(F)cc1. The van der Waals surface area contributed by atoms with Crippen LogP contribution in [0.5, 0.6) is 5.75 Å². The van der Waals surface area contributed by atoms with E-state index in [0.717, 1.165) is 16.9 Å². The predicted molar refractivity (Wildman–Crippen MR) is 99.1 cm³/mol. The van der Waals surface area contributed by atoms with Crippen LogP contribution in [0.1, 0.15) is 11.1 Å². The van der Waals surface area contributed by atoms with Gasteiger partial charge in [0.2, 0.25) is 0 Å². The third-order valence-electron chi connectivity index (χ3n) is 3.68. The van der Waals surface area contributed by atoms with Gasteiger partial charge in [-0.1, -0.05) is 49.0 Å². The van der Waals surface area contributed by atoms with Crippen LogP contribution in [-0.2, 0) is 17.4 Å². The Kier molecular flexibility index (Phi) is 5.41. The highest BCUT2D eigenvalue weighted by molar-refractivity contribution is 7.94. The van der Waals surface area contributed by atoms with Gasteiger partial charge >= 0.3 is 0 Å². The first-order valence-corrected chi connectivity index (χ1v) is 8.92. The normalized spacial score (nSPS) is 11.7. The van der Waals surface area contributed by atoms with Crippen LogP contribution in [0, 0.1) is 5.82 Å². The third-order valence-corrected chi connectivity index (χ3v) is 5.06. The zero-order valence-corrected chi connectivity index (χ0v) is 14.3. The maximum absolute atomic E-state index is 13.0. The van der Waals surface area contributed by atoms with Gasteiger partial charge < -0.3 is 4.74 Å². The van der Waals surface area contributed by atoms with Crippen molar-refractivity contribution in [2.75, 3.05) is 0 Å². The molecule has 0 amide bonds. The van der Waals surface area contributed by atoms with Crippen LogP contribution >= 0.6 is 0 Å². The van der Waals surface area contributed by atoms with E-state index in [1.54, 1.807) is 0 Å². The maximum Gasteiger partial charge on any atom is 0.123 e. The molecular formula is C21H17FO2S. The number of hydrogen-bond donors (Lipinski definition) is 0. The van der Waals surface area contributed by atoms with Crippen molar-refractivity contribution < 1.29 is 13.3 Å². The minimum absolute atomic E-state index is 0.355. The van der Waals surface area contributed by atoms with E-state index in [-0.39, 0.29) is 5.82 Å². The monoisotopic (exact) mass is 352 g/mol. The van der Waals surface area contributed by atoms with Gasteiger partial charge in [-0.25, -0.2) is 8.60 Å². The molecule has 126 valence electrons. The van der Waals surface area contributed by atoms with Crippen molar-refractivity contribution >= 4 is 15.7 Å². The molecule has 1 unspecified atom stereocenters. The Hall–Kier alpha value is -2.72. The molecule has 0 spiro atoms. The van der Waals surface area contributed by atoms with Crippen LogP contribution in [0.2, 0.25) is 0 Å². The lowest BCUT2D eigenvalue weighted by atomic mass is 10.2. The van der Waals surface area contributed by atoms with Crippen LogP contribution in [0.15, 0.2) is 90.3 Å². The van der Waals surface area contributed by atoms with Crippen molar-refractivity contribution in [2.24, 2.45) is 0 Å². The molecule has 0 aromatic heterocycles. The highest BCUT2D eigenvalue weighted by atomic mass is 32.2. The van der Waals surface area contributed by atoms with Crippen molar-refractivity contribution in [3.8, 4) is 5.75 Å². The van der Waals surface area contributed by atoms with Crippen molar-refractivity contribution in [1.82, 2.24) is 0 Å². The summed E-state index contributed by atoms with van der Waals surface area (Å²) < 4.78 is 31.2. The molecule has 3 aromatic carbocycles. The van der Waals surface area contributed by atoms with Gasteiger partial charge in [0, 0.05) is 9.80 Å². The predicted octanol–water partition coefficient (Wildman–Crippen LogP) is 5.18. The van der Waals surface area contributed by atoms with E-state index < -0.39 is 10.8 Å². The van der Waals surface area contributed by atoms with Gasteiger partial charge in [-0.3, -0.25) is 0 Å². The second kappa shape index (κ2) is 7.90. The van der Waals surface area contributed by atoms with Gasteiger partial charge in [-0.05, 0) is 47.5 Å². The van der Waals surface area contributed by atoms with Crippen LogP contribution in [-0.4, -0.2) is 4.21 Å². The van der Waals surface area contributed by atoms with Gasteiger partial charge in [0.25, 0.3) is 0 Å². The molecule has 0 saturated carbocycles. The van der Waals surface area contributed by atoms with E-state index >= 15 is 0 Å². The second-order valence-corrected chi connectivity index (χ2v) is 6.95. The number of halogens is 1. The van der Waals surface area contributed by atoms with E-state index in [0.29, 0.717) is 16.4 Å². The highest BCUT2D eigenvalue weighted by Crippen LogP contribution is 2.25. The summed E-state index contributed by atoms with van der Waals surface area (Å²) in [5, 5.41) is 0. The molecule has 1 atom stereocenters. The summed E-state index contributed by atoms with van der Waals surface area (Å²) >= 11 is 0. The molecule has 0 saturated heterocycles. The summed E-state index contributed by atoms with van der Waals surface area (Å²) in [6.07, 6.45) is 0. The van der Waals surface area contributed by atoms with Crippen molar-refractivity contribution in [1.29, 1.82) is 0 Å². The molecule has 0 aliphatic carbocycles. The standard InChI is InChI=1S/C21H17FO2S/c1-16(25(23)21-13-9-19(22)10-14-21)18-7-11-20(12-8-18)24-15-17-5-3-2-4-6-17/h2-14H,1,15H2. The fraction of sp³-hybridized carbons (Fsp3) is 0.0476. The zero-order valence-electron chi connectivity index (χ0n) is 13.5.